The number of halogens is 1. The molecule has 3 aromatic rings. The van der Waals surface area contributed by atoms with Crippen LogP contribution in [0.5, 0.6) is 5.75 Å². The van der Waals surface area contributed by atoms with Crippen LogP contribution in [-0.4, -0.2) is 57.9 Å². The summed E-state index contributed by atoms with van der Waals surface area (Å²) in [5, 5.41) is 2.95. The molecule has 1 atom stereocenters. The summed E-state index contributed by atoms with van der Waals surface area (Å²) in [4.78, 5) is 28.9. The average Bonchev–Trinajstić information content (AvgIpc) is 2.97. The number of carbonyl (C=O) groups excluding carboxylic acids is 2. The highest BCUT2D eigenvalue weighted by Gasteiger charge is 2.33. The normalized spacial score (nSPS) is 12.1. The molecule has 42 heavy (non-hydrogen) atoms. The highest BCUT2D eigenvalue weighted by atomic mass is 79.9. The number of hydrogen-bond acceptors (Lipinski definition) is 5. The van der Waals surface area contributed by atoms with Crippen molar-refractivity contribution in [3.63, 3.8) is 0 Å². The van der Waals surface area contributed by atoms with Crippen LogP contribution in [0.1, 0.15) is 38.3 Å². The fourth-order valence-corrected chi connectivity index (χ4v) is 6.63. The lowest BCUT2D eigenvalue weighted by Gasteiger charge is -2.33. The first kappa shape index (κ1) is 33.1. The molecule has 0 aliphatic heterocycles. The number of hydrogen-bond donors (Lipinski definition) is 1. The van der Waals surface area contributed by atoms with Crippen LogP contribution in [0.2, 0.25) is 0 Å². The minimum atomic E-state index is -4.18. The maximum Gasteiger partial charge on any atom is 0.264 e. The van der Waals surface area contributed by atoms with Gasteiger partial charge in [-0.15, -0.1) is 0 Å². The van der Waals surface area contributed by atoms with Crippen molar-refractivity contribution in [3.05, 3.63) is 88.4 Å². The lowest BCUT2D eigenvalue weighted by atomic mass is 10.1. The van der Waals surface area contributed by atoms with Gasteiger partial charge in [0.05, 0.1) is 22.2 Å². The number of benzene rings is 3. The summed E-state index contributed by atoms with van der Waals surface area (Å²) >= 11 is 3.37. The predicted octanol–water partition coefficient (Wildman–Crippen LogP) is 5.58. The van der Waals surface area contributed by atoms with Crippen molar-refractivity contribution < 1.29 is 22.7 Å². The van der Waals surface area contributed by atoms with E-state index in [1.54, 1.807) is 30.3 Å². The molecule has 2 amide bonds. The van der Waals surface area contributed by atoms with E-state index in [-0.39, 0.29) is 23.3 Å². The van der Waals surface area contributed by atoms with E-state index in [2.05, 4.69) is 21.2 Å². The Balaban J connectivity index is 2.02. The number of aryl methyl sites for hydroxylation is 1. The Labute approximate surface area is 258 Å². The Morgan fingerprint density at radius 3 is 2.24 bits per heavy atom. The van der Waals surface area contributed by atoms with Crippen LogP contribution in [0.4, 0.5) is 5.69 Å². The van der Waals surface area contributed by atoms with E-state index in [0.29, 0.717) is 35.3 Å². The van der Waals surface area contributed by atoms with Crippen LogP contribution in [-0.2, 0) is 26.0 Å². The van der Waals surface area contributed by atoms with Crippen molar-refractivity contribution in [2.75, 3.05) is 31.0 Å². The summed E-state index contributed by atoms with van der Waals surface area (Å²) in [6.07, 6.45) is 0.899. The zero-order chi connectivity index (χ0) is 30.9. The highest BCUT2D eigenvalue weighted by molar-refractivity contribution is 9.10. The summed E-state index contributed by atoms with van der Waals surface area (Å²) in [7, 11) is -2.69. The average molecular weight is 659 g/mol. The van der Waals surface area contributed by atoms with E-state index in [1.165, 1.54) is 24.1 Å². The smallest absolute Gasteiger partial charge is 0.264 e. The molecule has 0 saturated carbocycles. The van der Waals surface area contributed by atoms with Crippen molar-refractivity contribution in [1.82, 2.24) is 10.2 Å². The van der Waals surface area contributed by atoms with Crippen LogP contribution in [0.25, 0.3) is 0 Å². The largest absolute Gasteiger partial charge is 0.496 e. The molecule has 0 radical (unpaired) electrons. The Bertz CT molecular complexity index is 1450. The van der Waals surface area contributed by atoms with E-state index >= 15 is 0 Å². The number of nitrogens with zero attached hydrogens (tertiary/aromatic N) is 2. The molecule has 0 aliphatic rings. The second-order valence-corrected chi connectivity index (χ2v) is 13.2. The third kappa shape index (κ3) is 8.58. The first-order valence-electron chi connectivity index (χ1n) is 14.0. The summed E-state index contributed by atoms with van der Waals surface area (Å²) in [5.41, 5.74) is 2.31. The maximum atomic E-state index is 14.1. The SMILES string of the molecule is CC[C@H](C(=O)NCC(C)C)N(CCc1ccccc1)C(=O)CN(c1ccc(C)cc1)S(=O)(=O)c1ccc(OC)c(Br)c1. The van der Waals surface area contributed by atoms with Gasteiger partial charge in [-0.3, -0.25) is 13.9 Å². The zero-order valence-electron chi connectivity index (χ0n) is 24.8. The van der Waals surface area contributed by atoms with Crippen LogP contribution in [0.15, 0.2) is 82.2 Å². The summed E-state index contributed by atoms with van der Waals surface area (Å²) in [5.74, 6) is 0.00811. The number of ether oxygens (including phenoxy) is 1. The lowest BCUT2D eigenvalue weighted by Crippen LogP contribution is -2.53. The Morgan fingerprint density at radius 2 is 1.67 bits per heavy atom. The molecule has 226 valence electrons. The quantitative estimate of drug-likeness (QED) is 0.244. The summed E-state index contributed by atoms with van der Waals surface area (Å²) < 4.78 is 35.0. The van der Waals surface area contributed by atoms with Crippen molar-refractivity contribution in [3.8, 4) is 5.75 Å². The van der Waals surface area contributed by atoms with Crippen molar-refractivity contribution in [1.29, 1.82) is 0 Å². The number of anilines is 1. The second kappa shape index (κ2) is 15.2. The Kier molecular flexibility index (Phi) is 12.0. The Morgan fingerprint density at radius 1 is 1.00 bits per heavy atom. The third-order valence-electron chi connectivity index (χ3n) is 6.87. The molecule has 0 fully saturated rings. The molecule has 0 unspecified atom stereocenters. The van der Waals surface area contributed by atoms with Gasteiger partial charge in [-0.2, -0.15) is 0 Å². The van der Waals surface area contributed by atoms with Crippen LogP contribution in [0, 0.1) is 12.8 Å². The van der Waals surface area contributed by atoms with Gasteiger partial charge in [0.2, 0.25) is 11.8 Å². The van der Waals surface area contributed by atoms with Crippen molar-refractivity contribution >= 4 is 43.5 Å². The fraction of sp³-hybridized carbons (Fsp3) is 0.375. The lowest BCUT2D eigenvalue weighted by molar-refractivity contribution is -0.139. The number of carbonyl (C=O) groups is 2. The third-order valence-corrected chi connectivity index (χ3v) is 9.26. The van der Waals surface area contributed by atoms with E-state index < -0.39 is 28.5 Å². The molecule has 0 heterocycles. The van der Waals surface area contributed by atoms with Gasteiger partial charge < -0.3 is 15.0 Å². The molecule has 0 saturated heterocycles. The van der Waals surface area contributed by atoms with Crippen molar-refractivity contribution in [2.45, 2.75) is 51.5 Å². The van der Waals surface area contributed by atoms with Crippen LogP contribution in [0.3, 0.4) is 0 Å². The van der Waals surface area contributed by atoms with Gasteiger partial charge in [-0.25, -0.2) is 8.42 Å². The topological polar surface area (TPSA) is 96.0 Å². The molecule has 0 aliphatic carbocycles. The van der Waals surface area contributed by atoms with Gasteiger partial charge in [-0.1, -0.05) is 68.8 Å². The highest BCUT2D eigenvalue weighted by Crippen LogP contribution is 2.31. The summed E-state index contributed by atoms with van der Waals surface area (Å²) in [6.45, 7) is 8.02. The van der Waals surface area contributed by atoms with E-state index in [1.807, 2.05) is 58.0 Å². The van der Waals surface area contributed by atoms with Crippen LogP contribution < -0.4 is 14.4 Å². The van der Waals surface area contributed by atoms with Gasteiger partial charge >= 0.3 is 0 Å². The molecule has 1 N–H and O–H groups in total. The van der Waals surface area contributed by atoms with Gasteiger partial charge in [-0.05, 0) is 77.5 Å². The molecule has 8 nitrogen and oxygen atoms in total. The number of sulfonamides is 1. The molecule has 3 aromatic carbocycles. The first-order valence-corrected chi connectivity index (χ1v) is 16.2. The standard InChI is InChI=1S/C32H40BrN3O5S/c1-6-29(32(38)34-21-23(2)3)35(19-18-25-10-8-7-9-11-25)31(37)22-36(26-14-12-24(4)13-15-26)42(39,40)27-16-17-30(41-5)28(33)20-27/h7-17,20,23,29H,6,18-19,21-22H2,1-5H3,(H,34,38)/t29-/m1/s1. The molecule has 0 aromatic heterocycles. The predicted molar refractivity (Wildman–Crippen MR) is 170 cm³/mol. The second-order valence-electron chi connectivity index (χ2n) is 10.5. The molecule has 0 spiro atoms. The number of methoxy groups -OCH3 is 1. The molecule has 0 bridgehead atoms. The van der Waals surface area contributed by atoms with E-state index in [4.69, 9.17) is 4.74 Å². The zero-order valence-corrected chi connectivity index (χ0v) is 27.2. The molecule has 10 heteroatoms. The van der Waals surface area contributed by atoms with E-state index in [0.717, 1.165) is 15.4 Å². The minimum Gasteiger partial charge on any atom is -0.496 e. The van der Waals surface area contributed by atoms with Crippen molar-refractivity contribution in [2.24, 2.45) is 5.92 Å². The maximum absolute atomic E-state index is 14.1. The monoisotopic (exact) mass is 657 g/mol. The van der Waals surface area contributed by atoms with Gasteiger partial charge in [0, 0.05) is 13.1 Å². The number of amides is 2. The molecule has 3 rings (SSSR count). The minimum absolute atomic E-state index is 0.00102. The first-order chi connectivity index (χ1) is 20.0. The summed E-state index contributed by atoms with van der Waals surface area (Å²) in [6, 6.07) is 20.4. The number of rotatable bonds is 14. The van der Waals surface area contributed by atoms with Gasteiger partial charge in [0.25, 0.3) is 10.0 Å². The molecular weight excluding hydrogens is 618 g/mol. The fourth-order valence-electron chi connectivity index (χ4n) is 4.49. The van der Waals surface area contributed by atoms with Gasteiger partial charge in [0.15, 0.2) is 0 Å². The van der Waals surface area contributed by atoms with E-state index in [9.17, 15) is 18.0 Å². The number of nitrogens with one attached hydrogen (secondary N) is 1. The molecular formula is C32H40BrN3O5S. The Hall–Kier alpha value is -3.37. The van der Waals surface area contributed by atoms with Crippen LogP contribution >= 0.6 is 15.9 Å². The van der Waals surface area contributed by atoms with Gasteiger partial charge in [0.1, 0.15) is 18.3 Å².